The Morgan fingerprint density at radius 3 is 2.45 bits per heavy atom. The first-order valence-corrected chi connectivity index (χ1v) is 10.1. The van der Waals surface area contributed by atoms with Crippen LogP contribution in [0.25, 0.3) is 0 Å². The van der Waals surface area contributed by atoms with Gasteiger partial charge in [0.25, 0.3) is 11.8 Å². The standard InChI is InChI=1S/C22H31N5O2/c1-4-27(5-2)14-8-9-16(3)25-21(28)17-12-13-20(24-15-17)22(29)26-19-11-7-6-10-18(19)23/h6-7,10-13,15-16H,4-5,8-9,14,23H2,1-3H3,(H,25,28)(H,26,29). The van der Waals surface area contributed by atoms with Crippen molar-refractivity contribution in [2.24, 2.45) is 0 Å². The summed E-state index contributed by atoms with van der Waals surface area (Å²) in [5.74, 6) is -0.563. The number of aromatic nitrogens is 1. The Kier molecular flexibility index (Phi) is 8.61. The fourth-order valence-corrected chi connectivity index (χ4v) is 3.00. The fourth-order valence-electron chi connectivity index (χ4n) is 3.00. The summed E-state index contributed by atoms with van der Waals surface area (Å²) in [6.07, 6.45) is 3.36. The molecule has 4 N–H and O–H groups in total. The maximum absolute atomic E-state index is 12.4. The van der Waals surface area contributed by atoms with Gasteiger partial charge in [0.15, 0.2) is 0 Å². The summed E-state index contributed by atoms with van der Waals surface area (Å²) in [7, 11) is 0. The summed E-state index contributed by atoms with van der Waals surface area (Å²) in [6, 6.07) is 10.2. The van der Waals surface area contributed by atoms with Crippen molar-refractivity contribution in [1.29, 1.82) is 0 Å². The minimum Gasteiger partial charge on any atom is -0.397 e. The number of amides is 2. The van der Waals surface area contributed by atoms with Crippen molar-refractivity contribution in [1.82, 2.24) is 15.2 Å². The van der Waals surface area contributed by atoms with Gasteiger partial charge in [-0.15, -0.1) is 0 Å². The van der Waals surface area contributed by atoms with Gasteiger partial charge < -0.3 is 21.3 Å². The highest BCUT2D eigenvalue weighted by Crippen LogP contribution is 2.17. The molecule has 0 aliphatic heterocycles. The molecule has 0 fully saturated rings. The number of nitrogens with one attached hydrogen (secondary N) is 2. The van der Waals surface area contributed by atoms with Crippen LogP contribution in [0.4, 0.5) is 11.4 Å². The highest BCUT2D eigenvalue weighted by atomic mass is 16.2. The molecule has 0 bridgehead atoms. The van der Waals surface area contributed by atoms with E-state index in [2.05, 4.69) is 34.4 Å². The molecule has 2 rings (SSSR count). The lowest BCUT2D eigenvalue weighted by atomic mass is 10.1. The van der Waals surface area contributed by atoms with Crippen LogP contribution in [0.3, 0.4) is 0 Å². The monoisotopic (exact) mass is 397 g/mol. The number of nitrogen functional groups attached to an aromatic ring is 1. The first-order valence-electron chi connectivity index (χ1n) is 10.1. The molecule has 7 heteroatoms. The molecule has 156 valence electrons. The Hall–Kier alpha value is -2.93. The van der Waals surface area contributed by atoms with Crippen LogP contribution in [0.1, 0.15) is 54.5 Å². The molecule has 1 heterocycles. The molecule has 0 aliphatic carbocycles. The van der Waals surface area contributed by atoms with Crippen molar-refractivity contribution in [2.45, 2.75) is 39.7 Å². The molecule has 0 saturated carbocycles. The number of hydrogen-bond donors (Lipinski definition) is 3. The number of nitrogens with zero attached hydrogens (tertiary/aromatic N) is 2. The van der Waals surface area contributed by atoms with Crippen LogP contribution in [-0.2, 0) is 0 Å². The topological polar surface area (TPSA) is 100 Å². The van der Waals surface area contributed by atoms with E-state index in [1.165, 1.54) is 12.3 Å². The third-order valence-electron chi connectivity index (χ3n) is 4.85. The number of anilines is 2. The minimum atomic E-state index is -0.375. The summed E-state index contributed by atoms with van der Waals surface area (Å²) in [5, 5.41) is 5.71. The van der Waals surface area contributed by atoms with Crippen molar-refractivity contribution in [3.05, 3.63) is 53.9 Å². The predicted octanol–water partition coefficient (Wildman–Crippen LogP) is 3.16. The number of hydrogen-bond acceptors (Lipinski definition) is 5. The van der Waals surface area contributed by atoms with Crippen molar-refractivity contribution in [2.75, 3.05) is 30.7 Å². The molecule has 0 saturated heterocycles. The molecule has 1 atom stereocenters. The van der Waals surface area contributed by atoms with E-state index in [1.807, 2.05) is 6.92 Å². The highest BCUT2D eigenvalue weighted by molar-refractivity contribution is 6.04. The Morgan fingerprint density at radius 1 is 1.10 bits per heavy atom. The highest BCUT2D eigenvalue weighted by Gasteiger charge is 2.13. The molecule has 0 aliphatic rings. The Balaban J connectivity index is 1.86. The summed E-state index contributed by atoms with van der Waals surface area (Å²) < 4.78 is 0. The molecule has 2 aromatic rings. The van der Waals surface area contributed by atoms with Gasteiger partial charge in [-0.25, -0.2) is 0 Å². The zero-order valence-electron chi connectivity index (χ0n) is 17.4. The minimum absolute atomic E-state index is 0.0714. The fraction of sp³-hybridized carbons (Fsp3) is 0.409. The number of para-hydroxylation sites is 2. The van der Waals surface area contributed by atoms with Gasteiger partial charge in [-0.2, -0.15) is 0 Å². The van der Waals surface area contributed by atoms with Crippen LogP contribution in [0.5, 0.6) is 0 Å². The summed E-state index contributed by atoms with van der Waals surface area (Å²) in [5.41, 5.74) is 7.49. The zero-order chi connectivity index (χ0) is 21.2. The number of pyridine rings is 1. The number of rotatable bonds is 10. The van der Waals surface area contributed by atoms with Gasteiger partial charge in [-0.05, 0) is 63.7 Å². The van der Waals surface area contributed by atoms with Gasteiger partial charge >= 0.3 is 0 Å². The maximum Gasteiger partial charge on any atom is 0.274 e. The van der Waals surface area contributed by atoms with E-state index in [0.29, 0.717) is 16.9 Å². The van der Waals surface area contributed by atoms with Crippen molar-refractivity contribution >= 4 is 23.2 Å². The van der Waals surface area contributed by atoms with Crippen LogP contribution in [0.15, 0.2) is 42.6 Å². The average Bonchev–Trinajstić information content (AvgIpc) is 2.73. The molecule has 1 unspecified atom stereocenters. The Morgan fingerprint density at radius 2 is 1.83 bits per heavy atom. The first kappa shape index (κ1) is 22.4. The molecule has 1 aromatic carbocycles. The molecule has 29 heavy (non-hydrogen) atoms. The molecule has 0 spiro atoms. The summed E-state index contributed by atoms with van der Waals surface area (Å²) >= 11 is 0. The van der Waals surface area contributed by atoms with E-state index in [1.54, 1.807) is 30.3 Å². The van der Waals surface area contributed by atoms with Crippen LogP contribution < -0.4 is 16.4 Å². The van der Waals surface area contributed by atoms with Gasteiger partial charge in [0.05, 0.1) is 16.9 Å². The van der Waals surface area contributed by atoms with E-state index < -0.39 is 0 Å². The van der Waals surface area contributed by atoms with Crippen LogP contribution in [0, 0.1) is 0 Å². The third-order valence-corrected chi connectivity index (χ3v) is 4.85. The Labute approximate surface area is 172 Å². The van der Waals surface area contributed by atoms with Crippen molar-refractivity contribution in [3.8, 4) is 0 Å². The normalized spacial score (nSPS) is 11.9. The summed E-state index contributed by atoms with van der Waals surface area (Å²) in [4.78, 5) is 31.2. The molecular formula is C22H31N5O2. The number of benzene rings is 1. The average molecular weight is 398 g/mol. The lowest BCUT2D eigenvalue weighted by Gasteiger charge is -2.19. The largest absolute Gasteiger partial charge is 0.397 e. The predicted molar refractivity (Wildman–Crippen MR) is 117 cm³/mol. The van der Waals surface area contributed by atoms with E-state index in [9.17, 15) is 9.59 Å². The number of carbonyl (C=O) groups excluding carboxylic acids is 2. The maximum atomic E-state index is 12.4. The van der Waals surface area contributed by atoms with Crippen LogP contribution in [-0.4, -0.2) is 47.4 Å². The number of carbonyl (C=O) groups is 2. The summed E-state index contributed by atoms with van der Waals surface area (Å²) in [6.45, 7) is 9.42. The quantitative estimate of drug-likeness (QED) is 0.535. The second-order valence-corrected chi connectivity index (χ2v) is 7.02. The third kappa shape index (κ3) is 6.87. The molecule has 1 aromatic heterocycles. The lowest BCUT2D eigenvalue weighted by Crippen LogP contribution is -2.33. The molecule has 7 nitrogen and oxygen atoms in total. The second kappa shape index (κ2) is 11.2. The second-order valence-electron chi connectivity index (χ2n) is 7.02. The van der Waals surface area contributed by atoms with Crippen molar-refractivity contribution < 1.29 is 9.59 Å². The Bertz CT molecular complexity index is 803. The van der Waals surface area contributed by atoms with E-state index in [-0.39, 0.29) is 23.6 Å². The van der Waals surface area contributed by atoms with Gasteiger partial charge in [-0.3, -0.25) is 14.6 Å². The van der Waals surface area contributed by atoms with Gasteiger partial charge in [0, 0.05) is 12.2 Å². The molecule has 2 amide bonds. The SMILES string of the molecule is CCN(CC)CCCC(C)NC(=O)c1ccc(C(=O)Nc2ccccc2N)nc1. The van der Waals surface area contributed by atoms with Gasteiger partial charge in [0.2, 0.25) is 0 Å². The smallest absolute Gasteiger partial charge is 0.274 e. The molecule has 0 radical (unpaired) electrons. The zero-order valence-corrected chi connectivity index (χ0v) is 17.4. The van der Waals surface area contributed by atoms with Gasteiger partial charge in [0.1, 0.15) is 5.69 Å². The first-order chi connectivity index (χ1) is 13.9. The molecular weight excluding hydrogens is 366 g/mol. The van der Waals surface area contributed by atoms with E-state index in [0.717, 1.165) is 32.5 Å². The van der Waals surface area contributed by atoms with Gasteiger partial charge in [-0.1, -0.05) is 26.0 Å². The van der Waals surface area contributed by atoms with Crippen LogP contribution in [0.2, 0.25) is 0 Å². The van der Waals surface area contributed by atoms with Crippen LogP contribution >= 0.6 is 0 Å². The van der Waals surface area contributed by atoms with Crippen molar-refractivity contribution in [3.63, 3.8) is 0 Å². The van der Waals surface area contributed by atoms with E-state index >= 15 is 0 Å². The van der Waals surface area contributed by atoms with E-state index in [4.69, 9.17) is 5.73 Å². The lowest BCUT2D eigenvalue weighted by molar-refractivity contribution is 0.0935. The number of nitrogens with two attached hydrogens (primary N) is 1.